The number of hydrogen-bond acceptors (Lipinski definition) is 3. The van der Waals surface area contributed by atoms with E-state index >= 15 is 0 Å². The van der Waals surface area contributed by atoms with Crippen LogP contribution < -0.4 is 0 Å². The van der Waals surface area contributed by atoms with E-state index < -0.39 is 0 Å². The van der Waals surface area contributed by atoms with E-state index in [4.69, 9.17) is 9.84 Å². The van der Waals surface area contributed by atoms with Crippen LogP contribution in [0.5, 0.6) is 0 Å². The van der Waals surface area contributed by atoms with Crippen molar-refractivity contribution in [2.75, 3.05) is 7.11 Å². The second-order valence-electron chi connectivity index (χ2n) is 7.89. The third-order valence-corrected chi connectivity index (χ3v) is 5.43. The number of hydrogen-bond donors (Lipinski definition) is 1. The van der Waals surface area contributed by atoms with E-state index in [0.29, 0.717) is 0 Å². The Bertz CT molecular complexity index is 580. The molecule has 0 saturated heterocycles. The van der Waals surface area contributed by atoms with Crippen LogP contribution in [0.1, 0.15) is 109 Å². The fourth-order valence-corrected chi connectivity index (χ4v) is 3.74. The van der Waals surface area contributed by atoms with Gasteiger partial charge in [0.1, 0.15) is 5.76 Å². The van der Waals surface area contributed by atoms with Crippen LogP contribution >= 0.6 is 0 Å². The summed E-state index contributed by atoms with van der Waals surface area (Å²) >= 11 is 0. The first-order chi connectivity index (χ1) is 14.3. The summed E-state index contributed by atoms with van der Waals surface area (Å²) in [7, 11) is 1.00. The van der Waals surface area contributed by atoms with Gasteiger partial charge in [0.05, 0.1) is 5.69 Å². The number of aliphatic imine (C=N–C) groups is 1. The van der Waals surface area contributed by atoms with Gasteiger partial charge in [0.15, 0.2) is 5.90 Å². The maximum atomic E-state index is 7.00. The molecule has 0 unspecified atom stereocenters. The summed E-state index contributed by atoms with van der Waals surface area (Å²) in [5.41, 5.74) is 2.01. The SMILES string of the molecule is C=C1OC(CCCCCCCCCCCCCCCC)=Nc2ccccc21.CO. The summed E-state index contributed by atoms with van der Waals surface area (Å²) in [5.74, 6) is 1.57. The monoisotopic (exact) mass is 401 g/mol. The van der Waals surface area contributed by atoms with Gasteiger partial charge in [0, 0.05) is 19.1 Å². The quantitative estimate of drug-likeness (QED) is 0.301. The fraction of sp³-hybridized carbons (Fsp3) is 0.654. The average molecular weight is 402 g/mol. The van der Waals surface area contributed by atoms with Gasteiger partial charge in [0.2, 0.25) is 0 Å². The molecule has 29 heavy (non-hydrogen) atoms. The molecule has 0 bridgehead atoms. The van der Waals surface area contributed by atoms with E-state index in [1.807, 2.05) is 24.3 Å². The van der Waals surface area contributed by atoms with E-state index in [0.717, 1.165) is 42.9 Å². The van der Waals surface area contributed by atoms with Crippen molar-refractivity contribution >= 4 is 17.3 Å². The zero-order valence-electron chi connectivity index (χ0n) is 18.9. The van der Waals surface area contributed by atoms with Gasteiger partial charge in [-0.05, 0) is 18.6 Å². The molecule has 1 aromatic rings. The molecule has 0 spiro atoms. The highest BCUT2D eigenvalue weighted by Gasteiger charge is 2.15. The van der Waals surface area contributed by atoms with Crippen molar-refractivity contribution in [3.05, 3.63) is 36.4 Å². The molecule has 0 fully saturated rings. The number of ether oxygens (including phenoxy) is 1. The second kappa shape index (κ2) is 17.3. The number of aliphatic hydroxyl groups excluding tert-OH is 1. The van der Waals surface area contributed by atoms with Crippen molar-refractivity contribution < 1.29 is 9.84 Å². The maximum absolute atomic E-state index is 7.00. The van der Waals surface area contributed by atoms with Gasteiger partial charge in [-0.1, -0.05) is 109 Å². The minimum atomic E-state index is 0.737. The number of rotatable bonds is 15. The van der Waals surface area contributed by atoms with Crippen LogP contribution in [0.25, 0.3) is 5.76 Å². The molecule has 3 nitrogen and oxygen atoms in total. The Hall–Kier alpha value is -1.61. The largest absolute Gasteiger partial charge is 0.443 e. The van der Waals surface area contributed by atoms with E-state index in [1.165, 1.54) is 83.5 Å². The third-order valence-electron chi connectivity index (χ3n) is 5.43. The number of unbranched alkanes of at least 4 members (excludes halogenated alkanes) is 13. The molecular weight excluding hydrogens is 358 g/mol. The molecule has 0 amide bonds. The van der Waals surface area contributed by atoms with Gasteiger partial charge < -0.3 is 9.84 Å². The van der Waals surface area contributed by atoms with Crippen LogP contribution in [0, 0.1) is 0 Å². The molecule has 3 heteroatoms. The molecule has 1 aromatic carbocycles. The maximum Gasteiger partial charge on any atom is 0.195 e. The van der Waals surface area contributed by atoms with Crippen LogP contribution in [-0.2, 0) is 4.74 Å². The molecule has 164 valence electrons. The molecule has 1 heterocycles. The Morgan fingerprint density at radius 1 is 0.759 bits per heavy atom. The lowest BCUT2D eigenvalue weighted by molar-refractivity contribution is 0.399. The summed E-state index contributed by atoms with van der Waals surface area (Å²) in [6.07, 6.45) is 20.3. The molecule has 0 aliphatic carbocycles. The number of benzene rings is 1. The second-order valence-corrected chi connectivity index (χ2v) is 7.89. The average Bonchev–Trinajstić information content (AvgIpc) is 2.75. The highest BCUT2D eigenvalue weighted by molar-refractivity contribution is 5.90. The summed E-state index contributed by atoms with van der Waals surface area (Å²) in [5, 5.41) is 7.00. The van der Waals surface area contributed by atoms with Crippen LogP contribution in [0.4, 0.5) is 5.69 Å². The first-order valence-corrected chi connectivity index (χ1v) is 11.8. The number of para-hydroxylation sites is 1. The minimum absolute atomic E-state index is 0.737. The van der Waals surface area contributed by atoms with E-state index in [1.54, 1.807) is 0 Å². The van der Waals surface area contributed by atoms with E-state index in [2.05, 4.69) is 18.5 Å². The zero-order chi connectivity index (χ0) is 21.2. The lowest BCUT2D eigenvalue weighted by atomic mass is 10.0. The minimum Gasteiger partial charge on any atom is -0.443 e. The van der Waals surface area contributed by atoms with Gasteiger partial charge >= 0.3 is 0 Å². The van der Waals surface area contributed by atoms with Crippen LogP contribution in [0.15, 0.2) is 35.8 Å². The fourth-order valence-electron chi connectivity index (χ4n) is 3.74. The van der Waals surface area contributed by atoms with Gasteiger partial charge in [-0.25, -0.2) is 4.99 Å². The van der Waals surface area contributed by atoms with Gasteiger partial charge in [-0.15, -0.1) is 0 Å². The lowest BCUT2D eigenvalue weighted by Crippen LogP contribution is -2.08. The molecule has 1 N–H and O–H groups in total. The van der Waals surface area contributed by atoms with Crippen molar-refractivity contribution in [2.45, 2.75) is 103 Å². The van der Waals surface area contributed by atoms with Crippen LogP contribution in [0.3, 0.4) is 0 Å². The summed E-state index contributed by atoms with van der Waals surface area (Å²) in [4.78, 5) is 4.63. The Labute approximate surface area is 179 Å². The number of fused-ring (bicyclic) bond motifs is 1. The van der Waals surface area contributed by atoms with Crippen molar-refractivity contribution in [3.63, 3.8) is 0 Å². The Morgan fingerprint density at radius 2 is 1.24 bits per heavy atom. The highest BCUT2D eigenvalue weighted by atomic mass is 16.5. The number of aliphatic hydroxyl groups is 1. The lowest BCUT2D eigenvalue weighted by Gasteiger charge is -2.18. The Morgan fingerprint density at radius 3 is 1.79 bits per heavy atom. The van der Waals surface area contributed by atoms with Gasteiger partial charge in [-0.3, -0.25) is 0 Å². The predicted molar refractivity (Wildman–Crippen MR) is 127 cm³/mol. The smallest absolute Gasteiger partial charge is 0.195 e. The molecule has 1 aliphatic rings. The van der Waals surface area contributed by atoms with Crippen LogP contribution in [0.2, 0.25) is 0 Å². The molecule has 0 atom stereocenters. The van der Waals surface area contributed by atoms with Crippen molar-refractivity contribution in [2.24, 2.45) is 4.99 Å². The van der Waals surface area contributed by atoms with Crippen molar-refractivity contribution in [1.82, 2.24) is 0 Å². The zero-order valence-corrected chi connectivity index (χ0v) is 18.9. The van der Waals surface area contributed by atoms with Gasteiger partial charge in [-0.2, -0.15) is 0 Å². The highest BCUT2D eigenvalue weighted by Crippen LogP contribution is 2.31. The Kier molecular flexibility index (Phi) is 15.1. The summed E-state index contributed by atoms with van der Waals surface area (Å²) < 4.78 is 5.78. The summed E-state index contributed by atoms with van der Waals surface area (Å²) in [6.45, 7) is 6.31. The Balaban J connectivity index is 0.00000204. The molecule has 0 saturated carbocycles. The topological polar surface area (TPSA) is 41.8 Å². The molecule has 1 aliphatic heterocycles. The third kappa shape index (κ3) is 11.2. The van der Waals surface area contributed by atoms with E-state index in [9.17, 15) is 0 Å². The van der Waals surface area contributed by atoms with E-state index in [-0.39, 0.29) is 0 Å². The number of nitrogens with zero attached hydrogens (tertiary/aromatic N) is 1. The van der Waals surface area contributed by atoms with Crippen molar-refractivity contribution in [1.29, 1.82) is 0 Å². The van der Waals surface area contributed by atoms with Crippen LogP contribution in [-0.4, -0.2) is 18.1 Å². The van der Waals surface area contributed by atoms with Gasteiger partial charge in [0.25, 0.3) is 0 Å². The molecule has 0 radical (unpaired) electrons. The summed E-state index contributed by atoms with van der Waals surface area (Å²) in [6, 6.07) is 8.07. The molecular formula is C26H43NO2. The first-order valence-electron chi connectivity index (χ1n) is 11.8. The predicted octanol–water partition coefficient (Wildman–Crippen LogP) is 8.20. The first kappa shape index (κ1) is 25.4. The normalized spacial score (nSPS) is 12.5. The van der Waals surface area contributed by atoms with Crippen molar-refractivity contribution in [3.8, 4) is 0 Å². The molecule has 0 aromatic heterocycles. The standard InChI is InChI=1S/C25H39NO.CH4O/c1-3-4-5-6-7-8-9-10-11-12-13-14-15-16-21-25-26-24-20-18-17-19-23(24)22(2)27-25;1-2/h17-20H,2-16,21H2,1H3;2H,1H3. The molecule has 2 rings (SSSR count).